The summed E-state index contributed by atoms with van der Waals surface area (Å²) in [6.45, 7) is 9.89. The molecule has 0 aliphatic rings. The van der Waals surface area contributed by atoms with Crippen LogP contribution < -0.4 is 10.1 Å². The Morgan fingerprint density at radius 2 is 2.00 bits per heavy atom. The van der Waals surface area contributed by atoms with E-state index in [1.54, 1.807) is 0 Å². The van der Waals surface area contributed by atoms with Gasteiger partial charge in [0.05, 0.1) is 6.61 Å². The summed E-state index contributed by atoms with van der Waals surface area (Å²) in [4.78, 5) is 0. The van der Waals surface area contributed by atoms with E-state index in [1.165, 1.54) is 25.3 Å². The summed E-state index contributed by atoms with van der Waals surface area (Å²) in [7, 11) is 0. The maximum atomic E-state index is 14.1. The van der Waals surface area contributed by atoms with Crippen molar-refractivity contribution >= 4 is 0 Å². The second-order valence-corrected chi connectivity index (χ2v) is 5.69. The van der Waals surface area contributed by atoms with Crippen LogP contribution in [0.3, 0.4) is 0 Å². The first kappa shape index (κ1) is 18.0. The Balaban J connectivity index is 2.58. The number of ether oxygens (including phenoxy) is 1. The highest BCUT2D eigenvalue weighted by Gasteiger charge is 2.12. The van der Waals surface area contributed by atoms with E-state index >= 15 is 0 Å². The van der Waals surface area contributed by atoms with Gasteiger partial charge in [0.1, 0.15) is 11.6 Å². The molecule has 0 aliphatic heterocycles. The summed E-state index contributed by atoms with van der Waals surface area (Å²) in [6.07, 6.45) is 4.74. The fraction of sp³-hybridized carbons (Fsp3) is 0.667. The van der Waals surface area contributed by atoms with Gasteiger partial charge in [-0.2, -0.15) is 0 Å². The van der Waals surface area contributed by atoms with Crippen LogP contribution in [0.15, 0.2) is 18.2 Å². The SMILES string of the molecule is CCCCC(CC)COc1ccc(C(C)NCC)c(F)c1. The van der Waals surface area contributed by atoms with E-state index in [-0.39, 0.29) is 11.9 Å². The summed E-state index contributed by atoms with van der Waals surface area (Å²) in [5.74, 6) is 1.01. The topological polar surface area (TPSA) is 21.3 Å². The van der Waals surface area contributed by atoms with Crippen LogP contribution in [0.1, 0.15) is 65.0 Å². The van der Waals surface area contributed by atoms with Crippen LogP contribution >= 0.6 is 0 Å². The van der Waals surface area contributed by atoms with Gasteiger partial charge in [0, 0.05) is 17.7 Å². The highest BCUT2D eigenvalue weighted by atomic mass is 19.1. The molecule has 1 N–H and O–H groups in total. The molecule has 21 heavy (non-hydrogen) atoms. The number of halogens is 1. The van der Waals surface area contributed by atoms with Crippen molar-refractivity contribution in [2.24, 2.45) is 5.92 Å². The van der Waals surface area contributed by atoms with Crippen molar-refractivity contribution in [3.63, 3.8) is 0 Å². The van der Waals surface area contributed by atoms with E-state index in [1.807, 2.05) is 26.0 Å². The van der Waals surface area contributed by atoms with Crippen LogP contribution in [-0.2, 0) is 0 Å². The lowest BCUT2D eigenvalue weighted by molar-refractivity contribution is 0.232. The first-order valence-corrected chi connectivity index (χ1v) is 8.27. The molecule has 3 heteroatoms. The first-order valence-electron chi connectivity index (χ1n) is 8.27. The van der Waals surface area contributed by atoms with Crippen LogP contribution in [0.25, 0.3) is 0 Å². The maximum Gasteiger partial charge on any atom is 0.131 e. The van der Waals surface area contributed by atoms with Crippen molar-refractivity contribution in [3.8, 4) is 5.75 Å². The molecule has 0 amide bonds. The second-order valence-electron chi connectivity index (χ2n) is 5.69. The summed E-state index contributed by atoms with van der Waals surface area (Å²) in [5.41, 5.74) is 0.697. The number of benzene rings is 1. The quantitative estimate of drug-likeness (QED) is 0.649. The lowest BCUT2D eigenvalue weighted by Gasteiger charge is -2.17. The van der Waals surface area contributed by atoms with E-state index in [9.17, 15) is 4.39 Å². The molecule has 0 bridgehead atoms. The van der Waals surface area contributed by atoms with Gasteiger partial charge in [0.15, 0.2) is 0 Å². The van der Waals surface area contributed by atoms with E-state index in [2.05, 4.69) is 19.2 Å². The van der Waals surface area contributed by atoms with E-state index in [4.69, 9.17) is 4.74 Å². The monoisotopic (exact) mass is 295 g/mol. The minimum Gasteiger partial charge on any atom is -0.493 e. The largest absolute Gasteiger partial charge is 0.493 e. The maximum absolute atomic E-state index is 14.1. The molecule has 1 aromatic rings. The summed E-state index contributed by atoms with van der Waals surface area (Å²) < 4.78 is 19.9. The molecule has 1 rings (SSSR count). The third-order valence-corrected chi connectivity index (χ3v) is 3.98. The summed E-state index contributed by atoms with van der Waals surface area (Å²) in [5, 5.41) is 3.22. The Bertz CT molecular complexity index is 408. The minimum atomic E-state index is -0.192. The number of rotatable bonds is 10. The smallest absolute Gasteiger partial charge is 0.131 e. The molecule has 0 saturated heterocycles. The Morgan fingerprint density at radius 1 is 1.24 bits per heavy atom. The molecule has 0 fully saturated rings. The zero-order chi connectivity index (χ0) is 15.7. The Hall–Kier alpha value is -1.09. The molecule has 0 saturated carbocycles. The second kappa shape index (κ2) is 9.78. The highest BCUT2D eigenvalue weighted by molar-refractivity contribution is 5.30. The lowest BCUT2D eigenvalue weighted by atomic mass is 10.0. The van der Waals surface area contributed by atoms with Gasteiger partial charge in [-0.25, -0.2) is 4.39 Å². The molecule has 120 valence electrons. The van der Waals surface area contributed by atoms with Gasteiger partial charge in [-0.05, 0) is 31.9 Å². The van der Waals surface area contributed by atoms with Crippen molar-refractivity contribution in [1.29, 1.82) is 0 Å². The number of hydrogen-bond acceptors (Lipinski definition) is 2. The molecule has 0 spiro atoms. The predicted octanol–water partition coefficient (Wildman–Crippen LogP) is 5.09. The molecule has 2 atom stereocenters. The van der Waals surface area contributed by atoms with Gasteiger partial charge < -0.3 is 10.1 Å². The van der Waals surface area contributed by atoms with Crippen molar-refractivity contribution in [2.45, 2.75) is 59.4 Å². The molecule has 2 unspecified atom stereocenters. The van der Waals surface area contributed by atoms with E-state index < -0.39 is 0 Å². The molecule has 0 radical (unpaired) electrons. The summed E-state index contributed by atoms with van der Waals surface area (Å²) >= 11 is 0. The third kappa shape index (κ3) is 6.04. The van der Waals surface area contributed by atoms with Crippen LogP contribution in [0.5, 0.6) is 5.75 Å². The van der Waals surface area contributed by atoms with Crippen molar-refractivity contribution in [3.05, 3.63) is 29.6 Å². The standard InChI is InChI=1S/C18H30FNO/c1-5-8-9-15(6-2)13-21-16-10-11-17(18(19)12-16)14(4)20-7-3/h10-12,14-15,20H,5-9,13H2,1-4H3. The van der Waals surface area contributed by atoms with E-state index in [0.29, 0.717) is 23.8 Å². The zero-order valence-corrected chi connectivity index (χ0v) is 13.9. The fourth-order valence-corrected chi connectivity index (χ4v) is 2.48. The molecule has 0 heterocycles. The van der Waals surface area contributed by atoms with Gasteiger partial charge in [-0.15, -0.1) is 0 Å². The van der Waals surface area contributed by atoms with Crippen LogP contribution in [-0.4, -0.2) is 13.2 Å². The van der Waals surface area contributed by atoms with Crippen molar-refractivity contribution in [1.82, 2.24) is 5.32 Å². The van der Waals surface area contributed by atoms with Crippen LogP contribution in [0, 0.1) is 11.7 Å². The van der Waals surface area contributed by atoms with E-state index in [0.717, 1.165) is 13.0 Å². The predicted molar refractivity (Wildman–Crippen MR) is 87.3 cm³/mol. The number of unbranched alkanes of at least 4 members (excludes halogenated alkanes) is 1. The highest BCUT2D eigenvalue weighted by Crippen LogP contribution is 2.23. The Kier molecular flexibility index (Phi) is 8.36. The minimum absolute atomic E-state index is 0.0250. The first-order chi connectivity index (χ1) is 10.1. The normalized spacial score (nSPS) is 14.0. The van der Waals surface area contributed by atoms with Gasteiger partial charge in [0.25, 0.3) is 0 Å². The van der Waals surface area contributed by atoms with Gasteiger partial charge >= 0.3 is 0 Å². The zero-order valence-electron chi connectivity index (χ0n) is 13.9. The average Bonchev–Trinajstić information content (AvgIpc) is 2.47. The Morgan fingerprint density at radius 3 is 2.57 bits per heavy atom. The summed E-state index contributed by atoms with van der Waals surface area (Å²) in [6, 6.07) is 5.23. The van der Waals surface area contributed by atoms with Gasteiger partial charge in [-0.1, -0.05) is 46.1 Å². The van der Waals surface area contributed by atoms with Crippen LogP contribution in [0.4, 0.5) is 4.39 Å². The molecule has 2 nitrogen and oxygen atoms in total. The number of hydrogen-bond donors (Lipinski definition) is 1. The molecule has 0 aliphatic carbocycles. The molecular formula is C18H30FNO. The van der Waals surface area contributed by atoms with Gasteiger partial charge in [-0.3, -0.25) is 0 Å². The molecule has 1 aromatic carbocycles. The van der Waals surface area contributed by atoms with Crippen molar-refractivity contribution < 1.29 is 9.13 Å². The lowest BCUT2D eigenvalue weighted by Crippen LogP contribution is -2.19. The Labute approximate surface area is 129 Å². The van der Waals surface area contributed by atoms with Crippen LogP contribution in [0.2, 0.25) is 0 Å². The molecular weight excluding hydrogens is 265 g/mol. The van der Waals surface area contributed by atoms with Crippen molar-refractivity contribution in [2.75, 3.05) is 13.2 Å². The number of nitrogens with one attached hydrogen (secondary N) is 1. The van der Waals surface area contributed by atoms with Gasteiger partial charge in [0.2, 0.25) is 0 Å². The average molecular weight is 295 g/mol. The molecule has 0 aromatic heterocycles. The third-order valence-electron chi connectivity index (χ3n) is 3.98. The fourth-order valence-electron chi connectivity index (χ4n) is 2.48.